The lowest BCUT2D eigenvalue weighted by molar-refractivity contribution is 0.234. The number of urea groups is 1. The van der Waals surface area contributed by atoms with E-state index in [1.165, 1.54) is 0 Å². The van der Waals surface area contributed by atoms with Gasteiger partial charge in [-0.1, -0.05) is 0 Å². The molecule has 2 atom stereocenters. The topological polar surface area (TPSA) is 93.7 Å². The average Bonchev–Trinajstić information content (AvgIpc) is 2.84. The molecule has 1 aromatic rings. The van der Waals surface area contributed by atoms with E-state index < -0.39 is 15.9 Å². The highest BCUT2D eigenvalue weighted by molar-refractivity contribution is 7.91. The number of nitrogens with one attached hydrogen (secondary N) is 2. The number of carbonyl (C=O) groups is 1. The van der Waals surface area contributed by atoms with Gasteiger partial charge in [0.25, 0.3) is 0 Å². The zero-order valence-electron chi connectivity index (χ0n) is 13.5. The number of amides is 2. The van der Waals surface area contributed by atoms with Gasteiger partial charge in [-0.15, -0.1) is 0 Å². The van der Waals surface area contributed by atoms with E-state index in [1.54, 1.807) is 32.4 Å². The third-order valence-electron chi connectivity index (χ3n) is 3.82. The molecule has 1 aromatic carbocycles. The second kappa shape index (κ2) is 7.08. The van der Waals surface area contributed by atoms with Gasteiger partial charge in [0.2, 0.25) is 0 Å². The molecule has 2 unspecified atom stereocenters. The van der Waals surface area contributed by atoms with Gasteiger partial charge in [0.1, 0.15) is 11.5 Å². The summed E-state index contributed by atoms with van der Waals surface area (Å²) in [6.45, 7) is 1.82. The van der Waals surface area contributed by atoms with Crippen molar-refractivity contribution in [1.29, 1.82) is 0 Å². The lowest BCUT2D eigenvalue weighted by Crippen LogP contribution is -2.43. The van der Waals surface area contributed by atoms with E-state index >= 15 is 0 Å². The molecule has 0 spiro atoms. The molecule has 8 heteroatoms. The van der Waals surface area contributed by atoms with Crippen molar-refractivity contribution >= 4 is 15.9 Å². The molecule has 0 aromatic heterocycles. The van der Waals surface area contributed by atoms with Gasteiger partial charge in [-0.3, -0.25) is 0 Å². The average molecular weight is 342 g/mol. The minimum atomic E-state index is -3.02. The highest BCUT2D eigenvalue weighted by Gasteiger charge is 2.29. The highest BCUT2D eigenvalue weighted by Crippen LogP contribution is 2.29. The molecular formula is C15H22N2O5S. The van der Waals surface area contributed by atoms with Crippen molar-refractivity contribution in [2.45, 2.75) is 25.4 Å². The van der Waals surface area contributed by atoms with Crippen molar-refractivity contribution in [2.24, 2.45) is 0 Å². The number of hydrogen-bond donors (Lipinski definition) is 2. The van der Waals surface area contributed by atoms with Crippen molar-refractivity contribution in [3.8, 4) is 11.5 Å². The van der Waals surface area contributed by atoms with Gasteiger partial charge in [0.05, 0.1) is 31.8 Å². The smallest absolute Gasteiger partial charge is 0.315 e. The van der Waals surface area contributed by atoms with Crippen LogP contribution in [0.1, 0.15) is 24.9 Å². The molecule has 1 aliphatic heterocycles. The van der Waals surface area contributed by atoms with E-state index in [1.807, 2.05) is 6.92 Å². The Kier molecular flexibility index (Phi) is 5.35. The Morgan fingerprint density at radius 1 is 1.30 bits per heavy atom. The van der Waals surface area contributed by atoms with Crippen molar-refractivity contribution in [1.82, 2.24) is 10.6 Å². The lowest BCUT2D eigenvalue weighted by atomic mass is 10.1. The molecule has 0 radical (unpaired) electrons. The summed E-state index contributed by atoms with van der Waals surface area (Å²) in [4.78, 5) is 12.1. The Morgan fingerprint density at radius 2 is 2.04 bits per heavy atom. The van der Waals surface area contributed by atoms with Gasteiger partial charge >= 0.3 is 6.03 Å². The molecule has 0 bridgehead atoms. The summed E-state index contributed by atoms with van der Waals surface area (Å²) in [5, 5.41) is 5.50. The van der Waals surface area contributed by atoms with Crippen LogP contribution >= 0.6 is 0 Å². The number of rotatable bonds is 5. The van der Waals surface area contributed by atoms with Crippen LogP contribution in [0, 0.1) is 0 Å². The van der Waals surface area contributed by atoms with Crippen molar-refractivity contribution in [3.63, 3.8) is 0 Å². The first-order valence-electron chi connectivity index (χ1n) is 7.34. The number of carbonyl (C=O) groups excluding carboxylic acids is 1. The predicted octanol–water partition coefficient (Wildman–Crippen LogP) is 1.25. The number of hydrogen-bond acceptors (Lipinski definition) is 5. The number of sulfone groups is 1. The molecule has 1 fully saturated rings. The van der Waals surface area contributed by atoms with Gasteiger partial charge in [-0.25, -0.2) is 13.2 Å². The number of ether oxygens (including phenoxy) is 2. The molecule has 0 saturated carbocycles. The summed E-state index contributed by atoms with van der Waals surface area (Å²) in [6, 6.07) is 4.29. The van der Waals surface area contributed by atoms with E-state index in [2.05, 4.69) is 10.6 Å². The summed E-state index contributed by atoms with van der Waals surface area (Å²) in [7, 11) is 0.103. The fraction of sp³-hybridized carbons (Fsp3) is 0.533. The molecule has 2 rings (SSSR count). The standard InChI is InChI=1S/C15H22N2O5S/c1-10(13-8-12(21-2)4-5-14(13)22-3)16-15(18)17-11-6-7-23(19,20)9-11/h4-5,8,10-11H,6-7,9H2,1-3H3,(H2,16,17,18). The second-order valence-electron chi connectivity index (χ2n) is 5.55. The predicted molar refractivity (Wildman–Crippen MR) is 86.7 cm³/mol. The first-order valence-corrected chi connectivity index (χ1v) is 9.16. The monoisotopic (exact) mass is 342 g/mol. The van der Waals surface area contributed by atoms with Gasteiger partial charge in [-0.05, 0) is 31.5 Å². The van der Waals surface area contributed by atoms with Gasteiger partial charge in [0.15, 0.2) is 9.84 Å². The van der Waals surface area contributed by atoms with Crippen LogP contribution in [0.4, 0.5) is 4.79 Å². The molecule has 128 valence electrons. The maximum atomic E-state index is 12.1. The Balaban J connectivity index is 2.01. The van der Waals surface area contributed by atoms with Crippen LogP contribution in [-0.2, 0) is 9.84 Å². The van der Waals surface area contributed by atoms with Crippen LogP contribution < -0.4 is 20.1 Å². The first-order chi connectivity index (χ1) is 10.8. The molecular weight excluding hydrogens is 320 g/mol. The fourth-order valence-corrected chi connectivity index (χ4v) is 4.26. The van der Waals surface area contributed by atoms with Gasteiger partial charge < -0.3 is 20.1 Å². The summed E-state index contributed by atoms with van der Waals surface area (Å²) in [6.07, 6.45) is 0.451. The van der Waals surface area contributed by atoms with Crippen molar-refractivity contribution in [3.05, 3.63) is 23.8 Å². The number of benzene rings is 1. The zero-order chi connectivity index (χ0) is 17.0. The minimum absolute atomic E-state index is 0.00270. The van der Waals surface area contributed by atoms with Crippen molar-refractivity contribution in [2.75, 3.05) is 25.7 Å². The van der Waals surface area contributed by atoms with E-state index in [0.29, 0.717) is 17.9 Å². The fourth-order valence-electron chi connectivity index (χ4n) is 2.59. The summed E-state index contributed by atoms with van der Waals surface area (Å²) >= 11 is 0. The molecule has 1 heterocycles. The van der Waals surface area contributed by atoms with Crippen LogP contribution in [0.2, 0.25) is 0 Å². The van der Waals surface area contributed by atoms with Crippen LogP contribution in [0.25, 0.3) is 0 Å². The molecule has 1 saturated heterocycles. The van der Waals surface area contributed by atoms with Gasteiger partial charge in [0, 0.05) is 11.6 Å². The second-order valence-corrected chi connectivity index (χ2v) is 7.78. The largest absolute Gasteiger partial charge is 0.497 e. The van der Waals surface area contributed by atoms with Crippen LogP contribution in [0.3, 0.4) is 0 Å². The van der Waals surface area contributed by atoms with E-state index in [-0.39, 0.29) is 23.6 Å². The van der Waals surface area contributed by atoms with E-state index in [0.717, 1.165) is 5.56 Å². The number of methoxy groups -OCH3 is 2. The van der Waals surface area contributed by atoms with Crippen LogP contribution in [0.5, 0.6) is 11.5 Å². The third-order valence-corrected chi connectivity index (χ3v) is 5.59. The maximum Gasteiger partial charge on any atom is 0.315 e. The normalized spacial score (nSPS) is 20.6. The summed E-state index contributed by atoms with van der Waals surface area (Å²) < 4.78 is 33.3. The molecule has 23 heavy (non-hydrogen) atoms. The maximum absolute atomic E-state index is 12.1. The Labute approximate surface area is 136 Å². The minimum Gasteiger partial charge on any atom is -0.497 e. The first kappa shape index (κ1) is 17.4. The Morgan fingerprint density at radius 3 is 2.61 bits per heavy atom. The summed E-state index contributed by atoms with van der Waals surface area (Å²) in [5.41, 5.74) is 0.779. The van der Waals surface area contributed by atoms with E-state index in [4.69, 9.17) is 9.47 Å². The van der Waals surface area contributed by atoms with E-state index in [9.17, 15) is 13.2 Å². The van der Waals surface area contributed by atoms with Crippen LogP contribution in [0.15, 0.2) is 18.2 Å². The quantitative estimate of drug-likeness (QED) is 0.840. The SMILES string of the molecule is COc1ccc(OC)c(C(C)NC(=O)NC2CCS(=O)(=O)C2)c1. The molecule has 2 N–H and O–H groups in total. The molecule has 0 aliphatic carbocycles. The molecule has 7 nitrogen and oxygen atoms in total. The van der Waals surface area contributed by atoms with Crippen molar-refractivity contribution < 1.29 is 22.7 Å². The zero-order valence-corrected chi connectivity index (χ0v) is 14.3. The molecule has 1 aliphatic rings. The lowest BCUT2D eigenvalue weighted by Gasteiger charge is -2.20. The summed E-state index contributed by atoms with van der Waals surface area (Å²) in [5.74, 6) is 1.42. The Hall–Kier alpha value is -1.96. The third kappa shape index (κ3) is 4.51. The van der Waals surface area contributed by atoms with Gasteiger partial charge in [-0.2, -0.15) is 0 Å². The highest BCUT2D eigenvalue weighted by atomic mass is 32.2. The van der Waals surface area contributed by atoms with Crippen LogP contribution in [-0.4, -0.2) is 46.2 Å². The molecule has 2 amide bonds. The Bertz CT molecular complexity index is 674.